The summed E-state index contributed by atoms with van der Waals surface area (Å²) in [7, 11) is 1.31. The van der Waals surface area contributed by atoms with Crippen LogP contribution >= 0.6 is 0 Å². The first kappa shape index (κ1) is 15.8. The number of hydrogen-bond acceptors (Lipinski definition) is 3. The van der Waals surface area contributed by atoms with Gasteiger partial charge in [0, 0.05) is 16.6 Å². The molecule has 1 heterocycles. The van der Waals surface area contributed by atoms with Crippen molar-refractivity contribution in [3.8, 4) is 0 Å². The van der Waals surface area contributed by atoms with Crippen molar-refractivity contribution in [1.82, 2.24) is 4.98 Å². The third-order valence-corrected chi connectivity index (χ3v) is 4.03. The quantitative estimate of drug-likeness (QED) is 0.720. The molecule has 2 aromatic carbocycles. The Bertz CT molecular complexity index is 941. The third kappa shape index (κ3) is 2.65. The number of carbonyl (C=O) groups excluding carboxylic acids is 2. The molecule has 0 aliphatic heterocycles. The second-order valence-corrected chi connectivity index (χ2v) is 5.61. The zero-order chi connectivity index (χ0) is 17.3. The number of hydrogen-bond donors (Lipinski definition) is 2. The average Bonchev–Trinajstić information content (AvgIpc) is 2.92. The van der Waals surface area contributed by atoms with Crippen molar-refractivity contribution in [3.05, 3.63) is 64.8 Å². The Balaban J connectivity index is 2.04. The topological polar surface area (TPSA) is 71.2 Å². The van der Waals surface area contributed by atoms with Gasteiger partial charge in [0.15, 0.2) is 0 Å². The lowest BCUT2D eigenvalue weighted by Crippen LogP contribution is -2.16. The smallest absolute Gasteiger partial charge is 0.339 e. The fourth-order valence-corrected chi connectivity index (χ4v) is 2.90. The Morgan fingerprint density at radius 3 is 2.54 bits per heavy atom. The number of amides is 1. The van der Waals surface area contributed by atoms with Gasteiger partial charge in [0.2, 0.25) is 0 Å². The van der Waals surface area contributed by atoms with Gasteiger partial charge in [0.25, 0.3) is 5.91 Å². The summed E-state index contributed by atoms with van der Waals surface area (Å²) in [5.41, 5.74) is 4.05. The number of ether oxygens (including phenoxy) is 1. The van der Waals surface area contributed by atoms with Gasteiger partial charge in [-0.15, -0.1) is 0 Å². The van der Waals surface area contributed by atoms with E-state index in [4.69, 9.17) is 4.74 Å². The van der Waals surface area contributed by atoms with Gasteiger partial charge in [-0.2, -0.15) is 0 Å². The highest BCUT2D eigenvalue weighted by atomic mass is 16.5. The summed E-state index contributed by atoms with van der Waals surface area (Å²) in [6.07, 6.45) is 0. The molecule has 122 valence electrons. The molecule has 0 saturated heterocycles. The number of aryl methyl sites for hydroxylation is 2. The third-order valence-electron chi connectivity index (χ3n) is 4.03. The van der Waals surface area contributed by atoms with Crippen molar-refractivity contribution < 1.29 is 14.3 Å². The van der Waals surface area contributed by atoms with Crippen LogP contribution in [0.5, 0.6) is 0 Å². The van der Waals surface area contributed by atoms with Crippen molar-refractivity contribution in [3.63, 3.8) is 0 Å². The van der Waals surface area contributed by atoms with Gasteiger partial charge in [-0.3, -0.25) is 4.79 Å². The first-order valence-electron chi connectivity index (χ1n) is 7.59. The van der Waals surface area contributed by atoms with Crippen LogP contribution in [0.25, 0.3) is 10.9 Å². The van der Waals surface area contributed by atoms with E-state index in [9.17, 15) is 9.59 Å². The van der Waals surface area contributed by atoms with Crippen molar-refractivity contribution >= 4 is 28.5 Å². The predicted molar refractivity (Wildman–Crippen MR) is 93.5 cm³/mol. The highest BCUT2D eigenvalue weighted by Crippen LogP contribution is 2.27. The lowest BCUT2D eigenvalue weighted by molar-refractivity contribution is 0.0602. The molecule has 1 amide bonds. The predicted octanol–water partition coefficient (Wildman–Crippen LogP) is 3.82. The van der Waals surface area contributed by atoms with E-state index >= 15 is 0 Å². The second-order valence-electron chi connectivity index (χ2n) is 5.61. The lowest BCUT2D eigenvalue weighted by Gasteiger charge is -2.10. The van der Waals surface area contributed by atoms with Gasteiger partial charge in [-0.1, -0.05) is 24.3 Å². The Hall–Kier alpha value is -3.08. The number of aromatic amines is 1. The summed E-state index contributed by atoms with van der Waals surface area (Å²) in [5.74, 6) is -0.748. The number of anilines is 1. The zero-order valence-corrected chi connectivity index (χ0v) is 13.8. The number of carbonyl (C=O) groups is 2. The minimum atomic E-state index is -0.488. The molecule has 1 aromatic heterocycles. The number of methoxy groups -OCH3 is 1. The van der Waals surface area contributed by atoms with E-state index in [0.29, 0.717) is 16.8 Å². The molecule has 0 spiro atoms. The van der Waals surface area contributed by atoms with E-state index in [2.05, 4.69) is 10.3 Å². The monoisotopic (exact) mass is 322 g/mol. The van der Waals surface area contributed by atoms with E-state index in [1.165, 1.54) is 7.11 Å². The van der Waals surface area contributed by atoms with Crippen molar-refractivity contribution in [2.75, 3.05) is 12.4 Å². The summed E-state index contributed by atoms with van der Waals surface area (Å²) in [5, 5.41) is 3.72. The average molecular weight is 322 g/mol. The molecule has 0 radical (unpaired) electrons. The number of aromatic nitrogens is 1. The number of para-hydroxylation sites is 1. The Morgan fingerprint density at radius 1 is 1.04 bits per heavy atom. The van der Waals surface area contributed by atoms with Crippen LogP contribution in [0, 0.1) is 13.8 Å². The molecule has 24 heavy (non-hydrogen) atoms. The van der Waals surface area contributed by atoms with E-state index in [-0.39, 0.29) is 5.91 Å². The van der Waals surface area contributed by atoms with Gasteiger partial charge < -0.3 is 15.0 Å². The maximum atomic E-state index is 12.8. The van der Waals surface area contributed by atoms with Crippen LogP contribution < -0.4 is 5.32 Å². The molecule has 5 nitrogen and oxygen atoms in total. The molecule has 2 N–H and O–H groups in total. The highest BCUT2D eigenvalue weighted by Gasteiger charge is 2.20. The van der Waals surface area contributed by atoms with Crippen LogP contribution in [0.4, 0.5) is 5.69 Å². The number of esters is 1. The largest absolute Gasteiger partial charge is 0.465 e. The number of benzene rings is 2. The summed E-state index contributed by atoms with van der Waals surface area (Å²) < 4.78 is 4.77. The number of H-pyrrole nitrogens is 1. The van der Waals surface area contributed by atoms with Crippen molar-refractivity contribution in [2.45, 2.75) is 13.8 Å². The Labute approximate surface area is 139 Å². The van der Waals surface area contributed by atoms with Gasteiger partial charge in [0.1, 0.15) is 0 Å². The Kier molecular flexibility index (Phi) is 4.08. The van der Waals surface area contributed by atoms with Crippen molar-refractivity contribution in [2.24, 2.45) is 0 Å². The van der Waals surface area contributed by atoms with Crippen LogP contribution in [0.1, 0.15) is 32.0 Å². The van der Waals surface area contributed by atoms with E-state index in [1.54, 1.807) is 24.3 Å². The highest BCUT2D eigenvalue weighted by molar-refractivity contribution is 6.16. The van der Waals surface area contributed by atoms with Gasteiger partial charge in [-0.05, 0) is 37.6 Å². The lowest BCUT2D eigenvalue weighted by atomic mass is 10.0. The normalized spacial score (nSPS) is 10.6. The molecule has 3 aromatic rings. The summed E-state index contributed by atoms with van der Waals surface area (Å²) >= 11 is 0. The molecule has 0 aliphatic carbocycles. The minimum absolute atomic E-state index is 0.260. The maximum Gasteiger partial charge on any atom is 0.339 e. The van der Waals surface area contributed by atoms with Crippen LogP contribution in [-0.4, -0.2) is 24.0 Å². The molecule has 5 heteroatoms. The zero-order valence-electron chi connectivity index (χ0n) is 13.8. The Morgan fingerprint density at radius 2 is 1.79 bits per heavy atom. The van der Waals surface area contributed by atoms with Gasteiger partial charge in [-0.25, -0.2) is 4.79 Å². The van der Waals surface area contributed by atoms with Crippen LogP contribution in [-0.2, 0) is 4.74 Å². The van der Waals surface area contributed by atoms with Crippen LogP contribution in [0.2, 0.25) is 0 Å². The molecular formula is C19H18N2O3. The molecule has 3 rings (SSSR count). The SMILES string of the molecule is COC(=O)c1ccccc1NC(=O)c1c(C)[nH]c2cccc(C)c12. The molecule has 0 aliphatic rings. The fourth-order valence-electron chi connectivity index (χ4n) is 2.90. The molecular weight excluding hydrogens is 304 g/mol. The van der Waals surface area contributed by atoms with Gasteiger partial charge >= 0.3 is 5.97 Å². The molecule has 0 fully saturated rings. The summed E-state index contributed by atoms with van der Waals surface area (Å²) in [4.78, 5) is 27.9. The first-order chi connectivity index (χ1) is 11.5. The fraction of sp³-hybridized carbons (Fsp3) is 0.158. The standard InChI is InChI=1S/C19H18N2O3/c1-11-7-6-10-15-16(11)17(12(2)20-15)18(22)21-14-9-5-4-8-13(14)19(23)24-3/h4-10,20H,1-3H3,(H,21,22). The van der Waals surface area contributed by atoms with E-state index in [0.717, 1.165) is 22.2 Å². The summed E-state index contributed by atoms with van der Waals surface area (Å²) in [6.45, 7) is 3.83. The molecule has 0 atom stereocenters. The number of nitrogens with one attached hydrogen (secondary N) is 2. The number of fused-ring (bicyclic) bond motifs is 1. The minimum Gasteiger partial charge on any atom is -0.465 e. The number of rotatable bonds is 3. The van der Waals surface area contributed by atoms with E-state index in [1.807, 2.05) is 32.0 Å². The van der Waals surface area contributed by atoms with Crippen LogP contribution in [0.15, 0.2) is 42.5 Å². The molecule has 0 saturated carbocycles. The second kappa shape index (κ2) is 6.20. The van der Waals surface area contributed by atoms with Crippen molar-refractivity contribution in [1.29, 1.82) is 0 Å². The molecule has 0 bridgehead atoms. The van der Waals surface area contributed by atoms with Crippen LogP contribution in [0.3, 0.4) is 0 Å². The first-order valence-corrected chi connectivity index (χ1v) is 7.59. The molecule has 0 unspecified atom stereocenters. The summed E-state index contributed by atoms with van der Waals surface area (Å²) in [6, 6.07) is 12.6. The van der Waals surface area contributed by atoms with E-state index < -0.39 is 5.97 Å². The van der Waals surface area contributed by atoms with Gasteiger partial charge in [0.05, 0.1) is 23.9 Å². The maximum absolute atomic E-state index is 12.8.